The molecule has 0 N–H and O–H groups in total. The van der Waals surface area contributed by atoms with Gasteiger partial charge in [0.2, 0.25) is 0 Å². The van der Waals surface area contributed by atoms with Crippen molar-refractivity contribution in [2.24, 2.45) is 7.05 Å². The second-order valence-corrected chi connectivity index (χ2v) is 3.29. The van der Waals surface area contributed by atoms with Gasteiger partial charge in [-0.15, -0.1) is 5.10 Å². The third-order valence-electron chi connectivity index (χ3n) is 1.92. The Morgan fingerprint density at radius 2 is 2.23 bits per heavy atom. The van der Waals surface area contributed by atoms with Gasteiger partial charge in [-0.3, -0.25) is 9.48 Å². The molecule has 0 unspecified atom stereocenters. The molecular formula is C8H14N4O. The van der Waals surface area contributed by atoms with Crippen molar-refractivity contribution in [2.75, 3.05) is 7.05 Å². The fourth-order valence-electron chi connectivity index (χ4n) is 0.861. The number of rotatable bonds is 2. The van der Waals surface area contributed by atoms with Gasteiger partial charge in [0, 0.05) is 20.1 Å². The first kappa shape index (κ1) is 9.70. The zero-order valence-corrected chi connectivity index (χ0v) is 8.35. The molecule has 1 amide bonds. The van der Waals surface area contributed by atoms with Crippen molar-refractivity contribution in [3.63, 3.8) is 0 Å². The van der Waals surface area contributed by atoms with Gasteiger partial charge in [-0.1, -0.05) is 5.21 Å². The van der Waals surface area contributed by atoms with Gasteiger partial charge in [-0.25, -0.2) is 0 Å². The second kappa shape index (κ2) is 3.55. The monoisotopic (exact) mass is 182 g/mol. The summed E-state index contributed by atoms with van der Waals surface area (Å²) in [7, 11) is 3.49. The summed E-state index contributed by atoms with van der Waals surface area (Å²) >= 11 is 0. The van der Waals surface area contributed by atoms with Crippen LogP contribution in [0.1, 0.15) is 24.3 Å². The van der Waals surface area contributed by atoms with Gasteiger partial charge in [0.05, 0.1) is 6.20 Å². The van der Waals surface area contributed by atoms with Gasteiger partial charge in [0.1, 0.15) is 0 Å². The standard InChI is InChI=1S/C8H14N4O/c1-6(2)12(4)8(13)7-5-11(3)10-9-7/h5-6H,1-4H3. The fraction of sp³-hybridized carbons (Fsp3) is 0.625. The molecule has 0 aliphatic carbocycles. The lowest BCUT2D eigenvalue weighted by Gasteiger charge is -2.19. The van der Waals surface area contributed by atoms with Gasteiger partial charge < -0.3 is 4.90 Å². The quantitative estimate of drug-likeness (QED) is 0.660. The Kier molecular flexibility index (Phi) is 2.65. The molecule has 1 heterocycles. The molecule has 0 aromatic carbocycles. The smallest absolute Gasteiger partial charge is 0.276 e. The molecule has 0 aliphatic rings. The summed E-state index contributed by atoms with van der Waals surface area (Å²) in [5.41, 5.74) is 0.388. The number of nitrogens with zero attached hydrogens (tertiary/aromatic N) is 4. The summed E-state index contributed by atoms with van der Waals surface area (Å²) in [4.78, 5) is 13.2. The Morgan fingerprint density at radius 3 is 2.62 bits per heavy atom. The summed E-state index contributed by atoms with van der Waals surface area (Å²) in [6.07, 6.45) is 1.61. The van der Waals surface area contributed by atoms with Crippen molar-refractivity contribution >= 4 is 5.91 Å². The number of hydrogen-bond donors (Lipinski definition) is 0. The van der Waals surface area contributed by atoms with E-state index in [1.165, 1.54) is 4.68 Å². The molecule has 0 atom stereocenters. The lowest BCUT2D eigenvalue weighted by atomic mass is 10.3. The number of carbonyl (C=O) groups excluding carboxylic acids is 1. The lowest BCUT2D eigenvalue weighted by molar-refractivity contribution is 0.0749. The molecule has 1 rings (SSSR count). The Balaban J connectivity index is 2.79. The van der Waals surface area contributed by atoms with Crippen LogP contribution < -0.4 is 0 Å². The van der Waals surface area contributed by atoms with Crippen molar-refractivity contribution in [3.8, 4) is 0 Å². The third kappa shape index (κ3) is 2.05. The normalized spacial score (nSPS) is 10.5. The van der Waals surface area contributed by atoms with Crippen molar-refractivity contribution in [1.29, 1.82) is 0 Å². The van der Waals surface area contributed by atoms with Crippen molar-refractivity contribution < 1.29 is 4.79 Å². The topological polar surface area (TPSA) is 51.0 Å². The van der Waals surface area contributed by atoms with E-state index in [2.05, 4.69) is 10.3 Å². The number of hydrogen-bond acceptors (Lipinski definition) is 3. The summed E-state index contributed by atoms with van der Waals surface area (Å²) in [6.45, 7) is 3.91. The maximum absolute atomic E-state index is 11.6. The lowest BCUT2D eigenvalue weighted by Crippen LogP contribution is -2.33. The first-order chi connectivity index (χ1) is 6.02. The van der Waals surface area contributed by atoms with E-state index in [1.807, 2.05) is 13.8 Å². The van der Waals surface area contributed by atoms with Crippen LogP contribution in [-0.2, 0) is 7.05 Å². The Bertz CT molecular complexity index is 305. The zero-order valence-electron chi connectivity index (χ0n) is 8.35. The van der Waals surface area contributed by atoms with E-state index in [4.69, 9.17) is 0 Å². The van der Waals surface area contributed by atoms with Gasteiger partial charge in [0.25, 0.3) is 5.91 Å². The van der Waals surface area contributed by atoms with Crippen molar-refractivity contribution in [3.05, 3.63) is 11.9 Å². The molecule has 1 aromatic heterocycles. The van der Waals surface area contributed by atoms with E-state index >= 15 is 0 Å². The molecule has 72 valence electrons. The maximum Gasteiger partial charge on any atom is 0.276 e. The molecule has 0 fully saturated rings. The SMILES string of the molecule is CC(C)N(C)C(=O)c1cn(C)nn1. The van der Waals surface area contributed by atoms with Crippen LogP contribution in [0.15, 0.2) is 6.20 Å². The second-order valence-electron chi connectivity index (χ2n) is 3.29. The highest BCUT2D eigenvalue weighted by atomic mass is 16.2. The summed E-state index contributed by atoms with van der Waals surface area (Å²) in [5.74, 6) is -0.0944. The number of aromatic nitrogens is 3. The number of aryl methyl sites for hydroxylation is 1. The average molecular weight is 182 g/mol. The van der Waals surface area contributed by atoms with Crippen LogP contribution in [0.4, 0.5) is 0 Å². The molecule has 5 nitrogen and oxygen atoms in total. The van der Waals surface area contributed by atoms with Crippen LogP contribution in [0.3, 0.4) is 0 Å². The van der Waals surface area contributed by atoms with Crippen LogP contribution in [0.2, 0.25) is 0 Å². The van der Waals surface area contributed by atoms with E-state index in [0.717, 1.165) is 0 Å². The predicted octanol–water partition coefficient (Wildman–Crippen LogP) is 0.296. The molecule has 0 bridgehead atoms. The zero-order chi connectivity index (χ0) is 10.0. The molecule has 1 aromatic rings. The summed E-state index contributed by atoms with van der Waals surface area (Å²) in [5, 5.41) is 7.44. The van der Waals surface area contributed by atoms with Crippen LogP contribution in [0, 0.1) is 0 Å². The minimum Gasteiger partial charge on any atom is -0.338 e. The van der Waals surface area contributed by atoms with Gasteiger partial charge in [0.15, 0.2) is 5.69 Å². The molecule has 0 radical (unpaired) electrons. The van der Waals surface area contributed by atoms with Crippen LogP contribution >= 0.6 is 0 Å². The molecule has 0 spiro atoms. The van der Waals surface area contributed by atoms with Gasteiger partial charge in [-0.2, -0.15) is 0 Å². The highest BCUT2D eigenvalue weighted by Crippen LogP contribution is 2.01. The van der Waals surface area contributed by atoms with Crippen LogP contribution in [-0.4, -0.2) is 38.9 Å². The molecule has 0 saturated carbocycles. The molecule has 0 aliphatic heterocycles. The Labute approximate surface area is 77.3 Å². The van der Waals surface area contributed by atoms with Gasteiger partial charge in [-0.05, 0) is 13.8 Å². The van der Waals surface area contributed by atoms with Crippen LogP contribution in [0.5, 0.6) is 0 Å². The minimum absolute atomic E-state index is 0.0944. The molecule has 13 heavy (non-hydrogen) atoms. The Morgan fingerprint density at radius 1 is 1.62 bits per heavy atom. The average Bonchev–Trinajstić information content (AvgIpc) is 2.49. The molecule has 0 saturated heterocycles. The van der Waals surface area contributed by atoms with Crippen LogP contribution in [0.25, 0.3) is 0 Å². The van der Waals surface area contributed by atoms with E-state index < -0.39 is 0 Å². The first-order valence-electron chi connectivity index (χ1n) is 4.16. The molecular weight excluding hydrogens is 168 g/mol. The first-order valence-corrected chi connectivity index (χ1v) is 4.16. The Hall–Kier alpha value is -1.39. The number of amides is 1. The van der Waals surface area contributed by atoms with E-state index in [-0.39, 0.29) is 11.9 Å². The van der Waals surface area contributed by atoms with E-state index in [0.29, 0.717) is 5.69 Å². The maximum atomic E-state index is 11.6. The van der Waals surface area contributed by atoms with E-state index in [1.54, 1.807) is 25.2 Å². The highest BCUT2D eigenvalue weighted by Gasteiger charge is 2.16. The van der Waals surface area contributed by atoms with Crippen molar-refractivity contribution in [1.82, 2.24) is 19.9 Å². The summed E-state index contributed by atoms with van der Waals surface area (Å²) in [6, 6.07) is 0.175. The minimum atomic E-state index is -0.0944. The van der Waals surface area contributed by atoms with Crippen molar-refractivity contribution in [2.45, 2.75) is 19.9 Å². The van der Waals surface area contributed by atoms with E-state index in [9.17, 15) is 4.79 Å². The summed E-state index contributed by atoms with van der Waals surface area (Å²) < 4.78 is 1.52. The molecule has 5 heteroatoms. The third-order valence-corrected chi connectivity index (χ3v) is 1.92. The van der Waals surface area contributed by atoms with Gasteiger partial charge >= 0.3 is 0 Å². The predicted molar refractivity (Wildman–Crippen MR) is 48.2 cm³/mol. The highest BCUT2D eigenvalue weighted by molar-refractivity contribution is 5.91. The number of carbonyl (C=O) groups is 1. The largest absolute Gasteiger partial charge is 0.338 e. The fourth-order valence-corrected chi connectivity index (χ4v) is 0.861.